The van der Waals surface area contributed by atoms with E-state index < -0.39 is 0 Å². The molecule has 0 aliphatic carbocycles. The lowest BCUT2D eigenvalue weighted by molar-refractivity contribution is 0.593. The van der Waals surface area contributed by atoms with Crippen molar-refractivity contribution >= 4 is 75.5 Å². The average Bonchev–Trinajstić information content (AvgIpc) is 3.40. The fraction of sp³-hybridized carbons (Fsp3) is 0.192. The van der Waals surface area contributed by atoms with Gasteiger partial charge in [0.2, 0.25) is 0 Å². The van der Waals surface area contributed by atoms with Gasteiger partial charge in [0.1, 0.15) is 0 Å². The van der Waals surface area contributed by atoms with Crippen LogP contribution in [0.15, 0.2) is 127 Å². The number of rotatable bonds is 2. The Morgan fingerprint density at radius 3 is 1.60 bits per heavy atom. The molecule has 1 nitrogen and oxygen atoms in total. The van der Waals surface area contributed by atoms with E-state index in [4.69, 9.17) is 0 Å². The number of aromatic nitrogens is 1. The number of fused-ring (bicyclic) bond motifs is 5. The summed E-state index contributed by atoms with van der Waals surface area (Å²) in [5.41, 5.74) is 10.5. The molecule has 1 aromatic heterocycles. The third kappa shape index (κ3) is 4.56. The van der Waals surface area contributed by atoms with E-state index in [0.717, 1.165) is 0 Å². The van der Waals surface area contributed by atoms with Gasteiger partial charge in [0.15, 0.2) is 0 Å². The zero-order valence-corrected chi connectivity index (χ0v) is 32.1. The van der Waals surface area contributed by atoms with Crippen LogP contribution in [0.5, 0.6) is 0 Å². The molecule has 0 radical (unpaired) electrons. The van der Waals surface area contributed by atoms with Crippen LogP contribution in [-0.4, -0.2) is 4.57 Å². The second-order valence-electron chi connectivity index (χ2n) is 17.4. The molecule has 0 aliphatic heterocycles. The Balaban J connectivity index is 1.17. The molecule has 0 bridgehead atoms. The Morgan fingerprint density at radius 1 is 0.396 bits per heavy atom. The number of hydrogen-bond donors (Lipinski definition) is 0. The highest BCUT2D eigenvalue weighted by Gasteiger charge is 2.27. The molecule has 0 spiro atoms. The van der Waals surface area contributed by atoms with Gasteiger partial charge in [0.05, 0.1) is 11.2 Å². The zero-order valence-electron chi connectivity index (χ0n) is 32.1. The van der Waals surface area contributed by atoms with Crippen molar-refractivity contribution in [1.82, 2.24) is 4.57 Å². The van der Waals surface area contributed by atoms with Crippen LogP contribution >= 0.6 is 0 Å². The Kier molecular flexibility index (Phi) is 6.61. The summed E-state index contributed by atoms with van der Waals surface area (Å²) in [7, 11) is 0. The lowest BCUT2D eigenvalue weighted by Gasteiger charge is -2.30. The van der Waals surface area contributed by atoms with Gasteiger partial charge in [-0.05, 0) is 136 Å². The number of benzene rings is 9. The predicted molar refractivity (Wildman–Crippen MR) is 232 cm³/mol. The van der Waals surface area contributed by atoms with Crippen molar-refractivity contribution in [1.29, 1.82) is 0 Å². The van der Waals surface area contributed by atoms with Gasteiger partial charge in [-0.25, -0.2) is 0 Å². The van der Waals surface area contributed by atoms with Crippen LogP contribution in [0.2, 0.25) is 0 Å². The van der Waals surface area contributed by atoms with E-state index in [0.29, 0.717) is 0 Å². The maximum absolute atomic E-state index is 2.50. The standard InChI is InChI=1S/C52H45N/c1-30-31(2)53(44-26-21-34-17-16-32-12-11-13-33-18-25-42(44)48(34)47(32)33)45-27-22-37-28-35(19-23-38(37)46(30)45)36-20-24-41-43(29-36)50(52(6,7)8)40-15-10-9-14-39(40)49(41)51(3,4)5/h9-29H,1-8H3. The molecular weight excluding hydrogens is 639 g/mol. The van der Waals surface area contributed by atoms with Crippen LogP contribution in [0.25, 0.3) is 92.4 Å². The van der Waals surface area contributed by atoms with Gasteiger partial charge in [0, 0.05) is 16.5 Å². The molecule has 53 heavy (non-hydrogen) atoms. The van der Waals surface area contributed by atoms with Crippen molar-refractivity contribution in [2.75, 3.05) is 0 Å². The summed E-state index contributed by atoms with van der Waals surface area (Å²) in [5, 5.41) is 17.3. The fourth-order valence-electron chi connectivity index (χ4n) is 9.81. The Morgan fingerprint density at radius 2 is 0.925 bits per heavy atom. The maximum atomic E-state index is 2.50. The summed E-state index contributed by atoms with van der Waals surface area (Å²) in [6, 6.07) is 48.5. The first kappa shape index (κ1) is 32.0. The Hall–Kier alpha value is -5.66. The molecule has 0 unspecified atom stereocenters. The first-order valence-corrected chi connectivity index (χ1v) is 19.1. The van der Waals surface area contributed by atoms with E-state index in [9.17, 15) is 0 Å². The van der Waals surface area contributed by atoms with E-state index in [-0.39, 0.29) is 10.8 Å². The molecule has 1 heteroatoms. The zero-order chi connectivity index (χ0) is 36.6. The Bertz CT molecular complexity index is 3120. The minimum Gasteiger partial charge on any atom is -0.313 e. The molecule has 9 aromatic carbocycles. The predicted octanol–water partition coefficient (Wildman–Crippen LogP) is 14.9. The molecular formula is C52H45N. The van der Waals surface area contributed by atoms with Crippen molar-refractivity contribution in [2.45, 2.75) is 66.2 Å². The monoisotopic (exact) mass is 683 g/mol. The van der Waals surface area contributed by atoms with E-state index >= 15 is 0 Å². The summed E-state index contributed by atoms with van der Waals surface area (Å²) in [4.78, 5) is 0. The van der Waals surface area contributed by atoms with Crippen LogP contribution < -0.4 is 0 Å². The third-order valence-electron chi connectivity index (χ3n) is 12.1. The largest absolute Gasteiger partial charge is 0.313 e. The molecule has 0 N–H and O–H groups in total. The molecule has 0 atom stereocenters. The maximum Gasteiger partial charge on any atom is 0.0540 e. The summed E-state index contributed by atoms with van der Waals surface area (Å²) >= 11 is 0. The van der Waals surface area contributed by atoms with Crippen molar-refractivity contribution in [3.05, 3.63) is 150 Å². The van der Waals surface area contributed by atoms with E-state index in [2.05, 4.69) is 187 Å². The van der Waals surface area contributed by atoms with Crippen LogP contribution in [0.1, 0.15) is 63.9 Å². The van der Waals surface area contributed by atoms with Crippen molar-refractivity contribution in [3.8, 4) is 16.8 Å². The lowest BCUT2D eigenvalue weighted by Crippen LogP contribution is -2.17. The van der Waals surface area contributed by atoms with Crippen molar-refractivity contribution in [3.63, 3.8) is 0 Å². The summed E-state index contributed by atoms with van der Waals surface area (Å²) in [5.74, 6) is 0. The molecule has 0 aliphatic rings. The molecule has 0 fully saturated rings. The number of hydrogen-bond acceptors (Lipinski definition) is 0. The lowest BCUT2D eigenvalue weighted by atomic mass is 9.73. The van der Waals surface area contributed by atoms with Crippen molar-refractivity contribution < 1.29 is 0 Å². The fourth-order valence-corrected chi connectivity index (χ4v) is 9.81. The van der Waals surface area contributed by atoms with Crippen LogP contribution in [-0.2, 0) is 10.8 Å². The highest BCUT2D eigenvalue weighted by atomic mass is 15.0. The van der Waals surface area contributed by atoms with Crippen LogP contribution in [0.3, 0.4) is 0 Å². The smallest absolute Gasteiger partial charge is 0.0540 e. The van der Waals surface area contributed by atoms with Gasteiger partial charge >= 0.3 is 0 Å². The highest BCUT2D eigenvalue weighted by Crippen LogP contribution is 2.46. The quantitative estimate of drug-likeness (QED) is 0.126. The van der Waals surface area contributed by atoms with Crippen LogP contribution in [0.4, 0.5) is 0 Å². The molecule has 1 heterocycles. The summed E-state index contributed by atoms with van der Waals surface area (Å²) in [6.45, 7) is 18.7. The normalized spacial score (nSPS) is 12.9. The van der Waals surface area contributed by atoms with Gasteiger partial charge in [0.25, 0.3) is 0 Å². The first-order chi connectivity index (χ1) is 25.4. The minimum absolute atomic E-state index is 0.00804. The van der Waals surface area contributed by atoms with Gasteiger partial charge in [-0.2, -0.15) is 0 Å². The van der Waals surface area contributed by atoms with Gasteiger partial charge in [-0.15, -0.1) is 0 Å². The Labute approximate surface area is 311 Å². The SMILES string of the molecule is Cc1c(C)n(-c2ccc3ccc4cccc5ccc2c3c45)c2ccc3cc(-c4ccc5c(C(C)(C)C)c6ccccc6c(C(C)(C)C)c5c4)ccc3c12. The second-order valence-corrected chi connectivity index (χ2v) is 17.4. The van der Waals surface area contributed by atoms with Gasteiger partial charge < -0.3 is 4.57 Å². The molecule has 0 amide bonds. The third-order valence-corrected chi connectivity index (χ3v) is 12.1. The van der Waals surface area contributed by atoms with Crippen LogP contribution in [0, 0.1) is 13.8 Å². The minimum atomic E-state index is -0.0148. The second kappa shape index (κ2) is 10.9. The van der Waals surface area contributed by atoms with E-state index in [1.54, 1.807) is 0 Å². The molecule has 10 aromatic rings. The van der Waals surface area contributed by atoms with Crippen molar-refractivity contribution in [2.24, 2.45) is 0 Å². The first-order valence-electron chi connectivity index (χ1n) is 19.1. The van der Waals surface area contributed by atoms with Gasteiger partial charge in [-0.3, -0.25) is 0 Å². The number of aryl methyl sites for hydroxylation is 1. The molecule has 0 saturated heterocycles. The van der Waals surface area contributed by atoms with E-state index in [1.807, 2.05) is 0 Å². The van der Waals surface area contributed by atoms with E-state index in [1.165, 1.54) is 115 Å². The molecule has 258 valence electrons. The summed E-state index contributed by atoms with van der Waals surface area (Å²) < 4.78 is 2.50. The summed E-state index contributed by atoms with van der Waals surface area (Å²) in [6.07, 6.45) is 0. The number of nitrogens with zero attached hydrogens (tertiary/aromatic N) is 1. The topological polar surface area (TPSA) is 4.93 Å². The highest BCUT2D eigenvalue weighted by molar-refractivity contribution is 6.25. The molecule has 10 rings (SSSR count). The van der Waals surface area contributed by atoms with Gasteiger partial charge in [-0.1, -0.05) is 145 Å². The average molecular weight is 684 g/mol. The molecule has 0 saturated carbocycles.